The number of hydrogen-bond donors (Lipinski definition) is 1. The van der Waals surface area contributed by atoms with E-state index in [-0.39, 0.29) is 13.0 Å². The molecule has 1 rings (SSSR count). The summed E-state index contributed by atoms with van der Waals surface area (Å²) in [6.45, 7) is 0.514. The van der Waals surface area contributed by atoms with Crippen LogP contribution in [0.5, 0.6) is 5.75 Å². The zero-order valence-corrected chi connectivity index (χ0v) is 14.8. The summed E-state index contributed by atoms with van der Waals surface area (Å²) in [6, 6.07) is 5.62. The monoisotopic (exact) mass is 367 g/mol. The Balaban J connectivity index is 2.69. The van der Waals surface area contributed by atoms with Gasteiger partial charge in [0, 0.05) is 13.3 Å². The maximum absolute atomic E-state index is 12.1. The molecule has 1 N–H and O–H groups in total. The topological polar surface area (TPSA) is 117 Å². The fourth-order valence-corrected chi connectivity index (χ4v) is 1.89. The first-order valence-corrected chi connectivity index (χ1v) is 7.64. The number of amides is 1. The van der Waals surface area contributed by atoms with Gasteiger partial charge in [-0.3, -0.25) is 4.79 Å². The van der Waals surface area contributed by atoms with Crippen molar-refractivity contribution < 1.29 is 38.1 Å². The van der Waals surface area contributed by atoms with Crippen LogP contribution in [0.25, 0.3) is 0 Å². The Labute approximate surface area is 150 Å². The first kappa shape index (κ1) is 20.9. The summed E-state index contributed by atoms with van der Waals surface area (Å²) in [5.74, 6) is -1.93. The SMILES string of the molecule is COC(=O)COC(=O)C(Cc1ccc(OCC(=O)OC)cc1)NC(C)=O. The Kier molecular flexibility index (Phi) is 8.62. The van der Waals surface area contributed by atoms with Crippen LogP contribution in [0.1, 0.15) is 12.5 Å². The van der Waals surface area contributed by atoms with Gasteiger partial charge in [0.15, 0.2) is 13.2 Å². The summed E-state index contributed by atoms with van der Waals surface area (Å²) >= 11 is 0. The molecule has 1 atom stereocenters. The number of nitrogens with one attached hydrogen (secondary N) is 1. The smallest absolute Gasteiger partial charge is 0.344 e. The predicted octanol–water partition coefficient (Wildman–Crippen LogP) is 0.00180. The van der Waals surface area contributed by atoms with Crippen molar-refractivity contribution in [1.82, 2.24) is 5.32 Å². The van der Waals surface area contributed by atoms with E-state index in [1.54, 1.807) is 24.3 Å². The average molecular weight is 367 g/mol. The molecule has 0 aliphatic heterocycles. The highest BCUT2D eigenvalue weighted by Gasteiger charge is 2.22. The van der Waals surface area contributed by atoms with Crippen LogP contribution in [-0.4, -0.2) is 57.3 Å². The van der Waals surface area contributed by atoms with Crippen LogP contribution in [0.3, 0.4) is 0 Å². The molecule has 0 fully saturated rings. The zero-order chi connectivity index (χ0) is 19.5. The molecule has 0 radical (unpaired) electrons. The summed E-state index contributed by atoms with van der Waals surface area (Å²) < 4.78 is 18.9. The van der Waals surface area contributed by atoms with Gasteiger partial charge >= 0.3 is 17.9 Å². The quantitative estimate of drug-likeness (QED) is 0.479. The summed E-state index contributed by atoms with van der Waals surface area (Å²) in [5.41, 5.74) is 0.712. The van der Waals surface area contributed by atoms with E-state index in [2.05, 4.69) is 14.8 Å². The number of ether oxygens (including phenoxy) is 4. The third-order valence-corrected chi connectivity index (χ3v) is 3.17. The van der Waals surface area contributed by atoms with Crippen LogP contribution in [0, 0.1) is 0 Å². The van der Waals surface area contributed by atoms with E-state index in [1.807, 2.05) is 0 Å². The van der Waals surface area contributed by atoms with E-state index in [0.717, 1.165) is 0 Å². The molecule has 1 amide bonds. The third-order valence-electron chi connectivity index (χ3n) is 3.17. The normalized spacial score (nSPS) is 11.0. The molecule has 0 aliphatic rings. The van der Waals surface area contributed by atoms with Crippen LogP contribution in [0.2, 0.25) is 0 Å². The Hall–Kier alpha value is -3.10. The van der Waals surface area contributed by atoms with Crippen molar-refractivity contribution in [3.63, 3.8) is 0 Å². The van der Waals surface area contributed by atoms with E-state index in [9.17, 15) is 19.2 Å². The minimum Gasteiger partial charge on any atom is -0.482 e. The number of benzene rings is 1. The zero-order valence-electron chi connectivity index (χ0n) is 14.8. The van der Waals surface area contributed by atoms with Crippen molar-refractivity contribution in [1.29, 1.82) is 0 Å². The second kappa shape index (κ2) is 10.7. The second-order valence-electron chi connectivity index (χ2n) is 5.15. The molecule has 0 saturated carbocycles. The number of hydrogen-bond acceptors (Lipinski definition) is 8. The lowest BCUT2D eigenvalue weighted by Gasteiger charge is -2.16. The third kappa shape index (κ3) is 7.65. The Morgan fingerprint density at radius 2 is 1.54 bits per heavy atom. The molecule has 0 spiro atoms. The summed E-state index contributed by atoms with van der Waals surface area (Å²) in [6.07, 6.45) is 0.150. The van der Waals surface area contributed by atoms with Crippen molar-refractivity contribution in [2.75, 3.05) is 27.4 Å². The standard InChI is InChI=1S/C17H21NO8/c1-11(19)18-14(17(22)26-10-16(21)24-3)8-12-4-6-13(7-5-12)25-9-15(20)23-2/h4-7,14H,8-10H2,1-3H3,(H,18,19). The van der Waals surface area contributed by atoms with Crippen molar-refractivity contribution in [2.45, 2.75) is 19.4 Å². The molecule has 142 valence electrons. The molecular formula is C17H21NO8. The average Bonchev–Trinajstić information content (AvgIpc) is 2.63. The molecule has 1 unspecified atom stereocenters. The summed E-state index contributed by atoms with van der Waals surface area (Å²) in [4.78, 5) is 45.4. The number of carbonyl (C=O) groups excluding carboxylic acids is 4. The molecule has 0 aliphatic carbocycles. The second-order valence-corrected chi connectivity index (χ2v) is 5.15. The first-order valence-electron chi connectivity index (χ1n) is 7.64. The van der Waals surface area contributed by atoms with Crippen molar-refractivity contribution >= 4 is 23.8 Å². The largest absolute Gasteiger partial charge is 0.482 e. The van der Waals surface area contributed by atoms with Gasteiger partial charge in [0.05, 0.1) is 14.2 Å². The first-order chi connectivity index (χ1) is 12.3. The molecule has 1 aromatic rings. The molecule has 0 bridgehead atoms. The maximum atomic E-state index is 12.1. The van der Waals surface area contributed by atoms with E-state index in [0.29, 0.717) is 11.3 Å². The van der Waals surface area contributed by atoms with Gasteiger partial charge in [-0.15, -0.1) is 0 Å². The highest BCUT2D eigenvalue weighted by atomic mass is 16.6. The number of rotatable bonds is 9. The molecule has 0 saturated heterocycles. The maximum Gasteiger partial charge on any atom is 0.344 e. The van der Waals surface area contributed by atoms with Gasteiger partial charge in [-0.05, 0) is 17.7 Å². The Morgan fingerprint density at radius 1 is 0.962 bits per heavy atom. The van der Waals surface area contributed by atoms with Crippen LogP contribution in [0.15, 0.2) is 24.3 Å². The fraction of sp³-hybridized carbons (Fsp3) is 0.412. The number of methoxy groups -OCH3 is 2. The minimum absolute atomic E-state index is 0.150. The fourth-order valence-electron chi connectivity index (χ4n) is 1.89. The summed E-state index contributed by atoms with van der Waals surface area (Å²) in [7, 11) is 2.43. The van der Waals surface area contributed by atoms with E-state index < -0.39 is 36.5 Å². The molecule has 0 heterocycles. The highest BCUT2D eigenvalue weighted by Crippen LogP contribution is 2.14. The van der Waals surface area contributed by atoms with E-state index >= 15 is 0 Å². The lowest BCUT2D eigenvalue weighted by Crippen LogP contribution is -2.42. The van der Waals surface area contributed by atoms with Crippen LogP contribution >= 0.6 is 0 Å². The van der Waals surface area contributed by atoms with E-state index in [1.165, 1.54) is 21.1 Å². The predicted molar refractivity (Wildman–Crippen MR) is 88.2 cm³/mol. The highest BCUT2D eigenvalue weighted by molar-refractivity contribution is 5.85. The van der Waals surface area contributed by atoms with Gasteiger partial charge in [0.25, 0.3) is 0 Å². The van der Waals surface area contributed by atoms with E-state index in [4.69, 9.17) is 9.47 Å². The molecule has 9 heteroatoms. The van der Waals surface area contributed by atoms with Gasteiger partial charge in [-0.1, -0.05) is 12.1 Å². The molecule has 0 aromatic heterocycles. The van der Waals surface area contributed by atoms with Crippen LogP contribution in [-0.2, 0) is 39.8 Å². The van der Waals surface area contributed by atoms with Crippen LogP contribution < -0.4 is 10.1 Å². The molecule has 26 heavy (non-hydrogen) atoms. The van der Waals surface area contributed by atoms with Gasteiger partial charge in [-0.2, -0.15) is 0 Å². The Bertz CT molecular complexity index is 641. The molecule has 1 aromatic carbocycles. The number of carbonyl (C=O) groups is 4. The Morgan fingerprint density at radius 3 is 2.08 bits per heavy atom. The lowest BCUT2D eigenvalue weighted by atomic mass is 10.1. The van der Waals surface area contributed by atoms with Crippen molar-refractivity contribution in [2.24, 2.45) is 0 Å². The molecule has 9 nitrogen and oxygen atoms in total. The lowest BCUT2D eigenvalue weighted by molar-refractivity contribution is -0.158. The van der Waals surface area contributed by atoms with Gasteiger partial charge in [-0.25, -0.2) is 14.4 Å². The minimum atomic E-state index is -0.959. The van der Waals surface area contributed by atoms with Crippen molar-refractivity contribution in [3.8, 4) is 5.75 Å². The molecular weight excluding hydrogens is 346 g/mol. The van der Waals surface area contributed by atoms with Gasteiger partial charge in [0.1, 0.15) is 11.8 Å². The van der Waals surface area contributed by atoms with Crippen molar-refractivity contribution in [3.05, 3.63) is 29.8 Å². The number of esters is 3. The van der Waals surface area contributed by atoms with Crippen LogP contribution in [0.4, 0.5) is 0 Å². The van der Waals surface area contributed by atoms with Gasteiger partial charge < -0.3 is 24.3 Å². The van der Waals surface area contributed by atoms with Gasteiger partial charge in [0.2, 0.25) is 5.91 Å². The summed E-state index contributed by atoms with van der Waals surface area (Å²) in [5, 5.41) is 2.47.